The summed E-state index contributed by atoms with van der Waals surface area (Å²) >= 11 is 0. The van der Waals surface area contributed by atoms with Crippen molar-refractivity contribution in [3.05, 3.63) is 0 Å². The molecule has 12 heavy (non-hydrogen) atoms. The van der Waals surface area contributed by atoms with Gasteiger partial charge in [0.05, 0.1) is 6.54 Å². The molecule has 0 spiro atoms. The molecule has 0 aromatic rings. The van der Waals surface area contributed by atoms with Crippen molar-refractivity contribution in [3.63, 3.8) is 0 Å². The van der Waals surface area contributed by atoms with Crippen molar-refractivity contribution >= 4 is 6.09 Å². The maximum atomic E-state index is 12.7. The molecule has 0 aliphatic carbocycles. The van der Waals surface area contributed by atoms with Crippen LogP contribution in [-0.4, -0.2) is 46.3 Å². The predicted molar refractivity (Wildman–Crippen MR) is 35.2 cm³/mol. The van der Waals surface area contributed by atoms with E-state index < -0.39 is 24.7 Å². The van der Waals surface area contributed by atoms with Crippen molar-refractivity contribution in [2.24, 2.45) is 0 Å². The largest absolute Gasteiger partial charge is 0.465 e. The molecule has 0 aromatic carbocycles. The van der Waals surface area contributed by atoms with Gasteiger partial charge in [-0.25, -0.2) is 13.6 Å². The molecule has 1 amide bonds. The molecule has 1 fully saturated rings. The third kappa shape index (κ3) is 1.63. The van der Waals surface area contributed by atoms with Gasteiger partial charge < -0.3 is 15.1 Å². The average Bonchev–Trinajstić information content (AvgIpc) is 1.94. The van der Waals surface area contributed by atoms with Gasteiger partial charge in [-0.15, -0.1) is 0 Å². The molecule has 1 atom stereocenters. The van der Waals surface area contributed by atoms with E-state index in [1.165, 1.54) is 0 Å². The van der Waals surface area contributed by atoms with E-state index in [9.17, 15) is 13.6 Å². The number of carboxylic acid groups (broad SMARTS) is 1. The number of hydrogen-bond donors (Lipinski definition) is 2. The van der Waals surface area contributed by atoms with Gasteiger partial charge in [0.15, 0.2) is 0 Å². The summed E-state index contributed by atoms with van der Waals surface area (Å²) in [6.07, 6.45) is -3.30. The Labute approximate surface area is 67.4 Å². The van der Waals surface area contributed by atoms with Crippen molar-refractivity contribution in [1.82, 2.24) is 4.90 Å². The Bertz CT molecular complexity index is 197. The molecule has 0 aromatic heterocycles. The highest BCUT2D eigenvalue weighted by atomic mass is 19.3. The van der Waals surface area contributed by atoms with Crippen LogP contribution in [0.3, 0.4) is 0 Å². The van der Waals surface area contributed by atoms with Crippen molar-refractivity contribution < 1.29 is 23.8 Å². The van der Waals surface area contributed by atoms with Crippen LogP contribution in [0.4, 0.5) is 13.6 Å². The number of piperidine rings is 1. The van der Waals surface area contributed by atoms with Crippen molar-refractivity contribution in [2.75, 3.05) is 13.1 Å². The molecule has 4 nitrogen and oxygen atoms in total. The second kappa shape index (κ2) is 2.85. The minimum Gasteiger partial charge on any atom is -0.465 e. The Kier molecular flexibility index (Phi) is 2.18. The van der Waals surface area contributed by atoms with E-state index in [2.05, 4.69) is 0 Å². The molecule has 0 saturated carbocycles. The molecule has 70 valence electrons. The zero-order valence-corrected chi connectivity index (χ0v) is 6.20. The van der Waals surface area contributed by atoms with Crippen LogP contribution < -0.4 is 0 Å². The first-order valence-corrected chi connectivity index (χ1v) is 3.47. The average molecular weight is 181 g/mol. The second-order valence-electron chi connectivity index (χ2n) is 2.77. The van der Waals surface area contributed by atoms with Crippen molar-refractivity contribution in [3.8, 4) is 0 Å². The molecule has 1 aliphatic rings. The molecule has 1 saturated heterocycles. The number of likely N-dealkylation sites (tertiary alicyclic amines) is 1. The zero-order valence-electron chi connectivity index (χ0n) is 6.20. The van der Waals surface area contributed by atoms with Crippen LogP contribution >= 0.6 is 0 Å². The number of alkyl halides is 2. The minimum absolute atomic E-state index is 0.0356. The van der Waals surface area contributed by atoms with Crippen LogP contribution in [0.25, 0.3) is 0 Å². The third-order valence-electron chi connectivity index (χ3n) is 1.83. The van der Waals surface area contributed by atoms with Gasteiger partial charge in [0.2, 0.25) is 0 Å². The molecular formula is C6H9F2NO3. The Morgan fingerprint density at radius 3 is 2.58 bits per heavy atom. The lowest BCUT2D eigenvalue weighted by molar-refractivity contribution is -0.143. The summed E-state index contributed by atoms with van der Waals surface area (Å²) in [6, 6.07) is 0. The molecule has 0 unspecified atom stereocenters. The van der Waals surface area contributed by atoms with E-state index in [0.717, 1.165) is 0 Å². The van der Waals surface area contributed by atoms with Gasteiger partial charge in [-0.05, 0) is 6.42 Å². The summed E-state index contributed by atoms with van der Waals surface area (Å²) in [5.41, 5.74) is 0. The Morgan fingerprint density at radius 1 is 1.58 bits per heavy atom. The van der Waals surface area contributed by atoms with Crippen LogP contribution in [0, 0.1) is 0 Å². The normalized spacial score (nSPS) is 28.6. The smallest absolute Gasteiger partial charge is 0.407 e. The Hall–Kier alpha value is -0.910. The van der Waals surface area contributed by atoms with Gasteiger partial charge in [-0.3, -0.25) is 0 Å². The lowest BCUT2D eigenvalue weighted by atomic mass is 10.0. The number of carbonyl (C=O) groups is 1. The van der Waals surface area contributed by atoms with E-state index in [1.807, 2.05) is 0 Å². The van der Waals surface area contributed by atoms with Gasteiger partial charge >= 0.3 is 6.09 Å². The number of hydrogen-bond acceptors (Lipinski definition) is 2. The lowest BCUT2D eigenvalue weighted by Crippen LogP contribution is -2.52. The first-order chi connectivity index (χ1) is 5.43. The van der Waals surface area contributed by atoms with E-state index in [0.29, 0.717) is 4.90 Å². The summed E-state index contributed by atoms with van der Waals surface area (Å²) in [7, 11) is 0. The zero-order chi connectivity index (χ0) is 9.35. The topological polar surface area (TPSA) is 60.8 Å². The second-order valence-corrected chi connectivity index (χ2v) is 2.77. The van der Waals surface area contributed by atoms with E-state index >= 15 is 0 Å². The van der Waals surface area contributed by atoms with E-state index in [1.54, 1.807) is 0 Å². The summed E-state index contributed by atoms with van der Waals surface area (Å²) in [6.45, 7) is -0.949. The first kappa shape index (κ1) is 9.18. The van der Waals surface area contributed by atoms with Crippen LogP contribution in [-0.2, 0) is 0 Å². The Balaban J connectivity index is 2.63. The number of amides is 1. The summed E-state index contributed by atoms with van der Waals surface area (Å²) in [5.74, 6) is -3.31. The molecule has 6 heteroatoms. The molecule has 1 aliphatic heterocycles. The third-order valence-corrected chi connectivity index (χ3v) is 1.83. The predicted octanol–water partition coefficient (Wildman–Crippen LogP) is 0.366. The highest BCUT2D eigenvalue weighted by Gasteiger charge is 2.44. The van der Waals surface area contributed by atoms with Crippen LogP contribution in [0.5, 0.6) is 0 Å². The van der Waals surface area contributed by atoms with Gasteiger partial charge in [-0.2, -0.15) is 0 Å². The minimum atomic E-state index is -3.31. The molecule has 0 radical (unpaired) electrons. The first-order valence-electron chi connectivity index (χ1n) is 3.47. The maximum absolute atomic E-state index is 12.7. The summed E-state index contributed by atoms with van der Waals surface area (Å²) in [5, 5.41) is 17.1. The number of aliphatic hydroxyl groups is 1. The summed E-state index contributed by atoms with van der Waals surface area (Å²) in [4.78, 5) is 10.9. The fraction of sp³-hybridized carbons (Fsp3) is 0.833. The van der Waals surface area contributed by atoms with Gasteiger partial charge in [0.25, 0.3) is 5.92 Å². The fourth-order valence-corrected chi connectivity index (χ4v) is 1.09. The molecule has 2 N–H and O–H groups in total. The van der Waals surface area contributed by atoms with Crippen LogP contribution in [0.2, 0.25) is 0 Å². The number of halogens is 2. The molecular weight excluding hydrogens is 172 g/mol. The van der Waals surface area contributed by atoms with Crippen molar-refractivity contribution in [2.45, 2.75) is 18.4 Å². The fourth-order valence-electron chi connectivity index (χ4n) is 1.09. The summed E-state index contributed by atoms with van der Waals surface area (Å²) < 4.78 is 25.3. The lowest BCUT2D eigenvalue weighted by Gasteiger charge is -2.33. The number of aliphatic hydroxyl groups excluding tert-OH is 1. The molecule has 1 heterocycles. The number of nitrogens with zero attached hydrogens (tertiary/aromatic N) is 1. The van der Waals surface area contributed by atoms with E-state index in [-0.39, 0.29) is 13.0 Å². The molecule has 1 rings (SSSR count). The van der Waals surface area contributed by atoms with Gasteiger partial charge in [-0.1, -0.05) is 0 Å². The Morgan fingerprint density at radius 2 is 2.17 bits per heavy atom. The molecule has 0 bridgehead atoms. The quantitative estimate of drug-likeness (QED) is 0.567. The monoisotopic (exact) mass is 181 g/mol. The maximum Gasteiger partial charge on any atom is 0.407 e. The van der Waals surface area contributed by atoms with Crippen LogP contribution in [0.1, 0.15) is 6.42 Å². The van der Waals surface area contributed by atoms with Gasteiger partial charge in [0, 0.05) is 6.54 Å². The van der Waals surface area contributed by atoms with E-state index in [4.69, 9.17) is 10.2 Å². The standard InChI is InChI=1S/C6H9F2NO3/c7-6(8)3-9(5(11)12)2-1-4(6)10/h4,10H,1-3H2,(H,11,12)/t4-/m0/s1. The highest BCUT2D eigenvalue weighted by molar-refractivity contribution is 5.65. The highest BCUT2D eigenvalue weighted by Crippen LogP contribution is 2.26. The number of rotatable bonds is 0. The van der Waals surface area contributed by atoms with Crippen molar-refractivity contribution in [1.29, 1.82) is 0 Å². The van der Waals surface area contributed by atoms with Crippen LogP contribution in [0.15, 0.2) is 0 Å². The van der Waals surface area contributed by atoms with Gasteiger partial charge in [0.1, 0.15) is 6.10 Å². The SMILES string of the molecule is O=C(O)N1CC[C@H](O)C(F)(F)C1.